The Balaban J connectivity index is 2.87. The lowest BCUT2D eigenvalue weighted by Gasteiger charge is -2.13. The summed E-state index contributed by atoms with van der Waals surface area (Å²) >= 11 is 5.22. The number of aromatic amines is 1. The van der Waals surface area contributed by atoms with E-state index in [1.54, 1.807) is 4.57 Å². The molecule has 0 fully saturated rings. The molecule has 1 aromatic carbocycles. The molecule has 0 spiro atoms. The average molecular weight is 234 g/mol. The number of aromatic nitrogens is 2. The smallest absolute Gasteiger partial charge is 0.262 e. The summed E-state index contributed by atoms with van der Waals surface area (Å²) in [6.07, 6.45) is 0.885. The first-order chi connectivity index (χ1) is 7.65. The van der Waals surface area contributed by atoms with E-state index in [0.29, 0.717) is 10.2 Å². The van der Waals surface area contributed by atoms with Gasteiger partial charge in [0.2, 0.25) is 0 Å². The van der Waals surface area contributed by atoms with Crippen LogP contribution in [0.1, 0.15) is 26.3 Å². The standard InChI is InChI=1S/C12H14N2OS/c1-3-8(2)14-11(15)9-6-4-5-7-10(9)13-12(14)16/h4-8H,3H2,1-2H3,(H,13,16)/t8-/m0/s1. The van der Waals surface area contributed by atoms with Gasteiger partial charge in [-0.2, -0.15) is 0 Å². The molecule has 16 heavy (non-hydrogen) atoms. The highest BCUT2D eigenvalue weighted by atomic mass is 32.1. The predicted molar refractivity (Wildman–Crippen MR) is 68.4 cm³/mol. The minimum atomic E-state index is -0.00583. The van der Waals surface area contributed by atoms with Crippen LogP contribution < -0.4 is 5.56 Å². The monoisotopic (exact) mass is 234 g/mol. The Kier molecular flexibility index (Phi) is 2.92. The maximum Gasteiger partial charge on any atom is 0.262 e. The molecule has 0 aliphatic rings. The second-order valence-corrected chi connectivity index (χ2v) is 4.29. The number of benzene rings is 1. The van der Waals surface area contributed by atoms with Gasteiger partial charge in [0.05, 0.1) is 10.9 Å². The summed E-state index contributed by atoms with van der Waals surface area (Å²) in [6.45, 7) is 4.04. The summed E-state index contributed by atoms with van der Waals surface area (Å²) < 4.78 is 2.15. The van der Waals surface area contributed by atoms with E-state index in [2.05, 4.69) is 4.98 Å². The van der Waals surface area contributed by atoms with Gasteiger partial charge in [0.25, 0.3) is 5.56 Å². The topological polar surface area (TPSA) is 37.8 Å². The van der Waals surface area contributed by atoms with E-state index >= 15 is 0 Å². The van der Waals surface area contributed by atoms with E-state index < -0.39 is 0 Å². The van der Waals surface area contributed by atoms with Gasteiger partial charge in [-0.05, 0) is 37.7 Å². The molecule has 0 saturated heterocycles. The number of rotatable bonds is 2. The lowest BCUT2D eigenvalue weighted by molar-refractivity contribution is 0.504. The van der Waals surface area contributed by atoms with Crippen LogP contribution in [0.5, 0.6) is 0 Å². The Morgan fingerprint density at radius 2 is 2.12 bits per heavy atom. The number of fused-ring (bicyclic) bond motifs is 1. The Morgan fingerprint density at radius 3 is 2.81 bits per heavy atom. The molecule has 0 bridgehead atoms. The fraction of sp³-hybridized carbons (Fsp3) is 0.333. The van der Waals surface area contributed by atoms with Crippen molar-refractivity contribution < 1.29 is 0 Å². The minimum absolute atomic E-state index is 0.00583. The molecule has 0 amide bonds. The molecule has 0 saturated carbocycles. The molecule has 4 heteroatoms. The van der Waals surface area contributed by atoms with Gasteiger partial charge in [-0.1, -0.05) is 19.1 Å². The van der Waals surface area contributed by atoms with Crippen LogP contribution in [0.3, 0.4) is 0 Å². The molecule has 1 heterocycles. The quantitative estimate of drug-likeness (QED) is 0.811. The van der Waals surface area contributed by atoms with Crippen molar-refractivity contribution in [3.63, 3.8) is 0 Å². The molecule has 0 unspecified atom stereocenters. The van der Waals surface area contributed by atoms with Crippen molar-refractivity contribution in [1.29, 1.82) is 0 Å². The van der Waals surface area contributed by atoms with Crippen LogP contribution in [0.4, 0.5) is 0 Å². The summed E-state index contributed by atoms with van der Waals surface area (Å²) in [5.74, 6) is 0. The van der Waals surface area contributed by atoms with Crippen molar-refractivity contribution >= 4 is 23.1 Å². The SMILES string of the molecule is CC[C@H](C)n1c(=S)[nH]c2ccccc2c1=O. The number of nitrogens with one attached hydrogen (secondary N) is 1. The molecular weight excluding hydrogens is 220 g/mol. The summed E-state index contributed by atoms with van der Waals surface area (Å²) in [4.78, 5) is 15.3. The number of hydrogen-bond acceptors (Lipinski definition) is 2. The van der Waals surface area contributed by atoms with E-state index in [1.165, 1.54) is 0 Å². The number of H-pyrrole nitrogens is 1. The molecular formula is C12H14N2OS. The van der Waals surface area contributed by atoms with Crippen LogP contribution in [0.15, 0.2) is 29.1 Å². The minimum Gasteiger partial charge on any atom is -0.332 e. The summed E-state index contributed by atoms with van der Waals surface area (Å²) in [5, 5.41) is 0.691. The van der Waals surface area contributed by atoms with Crippen LogP contribution in [0.2, 0.25) is 0 Å². The molecule has 0 aliphatic carbocycles. The highest BCUT2D eigenvalue weighted by Gasteiger charge is 2.09. The Hall–Kier alpha value is -1.42. The fourth-order valence-electron chi connectivity index (χ4n) is 1.76. The van der Waals surface area contributed by atoms with E-state index in [-0.39, 0.29) is 11.6 Å². The zero-order valence-corrected chi connectivity index (χ0v) is 10.2. The number of nitrogens with zero attached hydrogens (tertiary/aromatic N) is 1. The van der Waals surface area contributed by atoms with Gasteiger partial charge < -0.3 is 4.98 Å². The third-order valence-corrected chi connectivity index (χ3v) is 3.17. The number of hydrogen-bond donors (Lipinski definition) is 1. The van der Waals surface area contributed by atoms with Gasteiger partial charge in [0, 0.05) is 6.04 Å². The first-order valence-electron chi connectivity index (χ1n) is 5.38. The van der Waals surface area contributed by atoms with Gasteiger partial charge in [-0.25, -0.2) is 0 Å². The van der Waals surface area contributed by atoms with Gasteiger partial charge >= 0.3 is 0 Å². The first kappa shape index (κ1) is 11.1. The van der Waals surface area contributed by atoms with Crippen molar-refractivity contribution in [3.05, 3.63) is 39.4 Å². The van der Waals surface area contributed by atoms with E-state index in [0.717, 1.165) is 11.9 Å². The van der Waals surface area contributed by atoms with Crippen molar-refractivity contribution in [1.82, 2.24) is 9.55 Å². The van der Waals surface area contributed by atoms with E-state index in [1.807, 2.05) is 38.1 Å². The van der Waals surface area contributed by atoms with Crippen molar-refractivity contribution in [2.75, 3.05) is 0 Å². The Morgan fingerprint density at radius 1 is 1.44 bits per heavy atom. The molecule has 0 radical (unpaired) electrons. The lowest BCUT2D eigenvalue weighted by Crippen LogP contribution is -2.24. The van der Waals surface area contributed by atoms with E-state index in [9.17, 15) is 4.79 Å². The third-order valence-electron chi connectivity index (χ3n) is 2.87. The molecule has 1 aromatic heterocycles. The highest BCUT2D eigenvalue weighted by molar-refractivity contribution is 7.71. The van der Waals surface area contributed by atoms with Gasteiger partial charge in [-0.3, -0.25) is 9.36 Å². The summed E-state index contributed by atoms with van der Waals surface area (Å²) in [5.41, 5.74) is 0.797. The summed E-state index contributed by atoms with van der Waals surface area (Å²) in [7, 11) is 0. The van der Waals surface area contributed by atoms with Crippen LogP contribution in [-0.2, 0) is 0 Å². The molecule has 1 atom stereocenters. The lowest BCUT2D eigenvalue weighted by atomic mass is 10.2. The largest absolute Gasteiger partial charge is 0.332 e. The maximum atomic E-state index is 12.2. The second kappa shape index (κ2) is 4.22. The number of para-hydroxylation sites is 1. The molecule has 0 aliphatic heterocycles. The Bertz CT molecular complexity index is 627. The van der Waals surface area contributed by atoms with Crippen LogP contribution in [0, 0.1) is 4.77 Å². The first-order valence-corrected chi connectivity index (χ1v) is 5.79. The Labute approximate surface area is 98.7 Å². The van der Waals surface area contributed by atoms with Crippen LogP contribution in [0.25, 0.3) is 10.9 Å². The van der Waals surface area contributed by atoms with Gasteiger partial charge in [-0.15, -0.1) is 0 Å². The van der Waals surface area contributed by atoms with Gasteiger partial charge in [0.1, 0.15) is 0 Å². The zero-order valence-electron chi connectivity index (χ0n) is 9.36. The van der Waals surface area contributed by atoms with E-state index in [4.69, 9.17) is 12.2 Å². The highest BCUT2D eigenvalue weighted by Crippen LogP contribution is 2.11. The van der Waals surface area contributed by atoms with Crippen LogP contribution in [-0.4, -0.2) is 9.55 Å². The van der Waals surface area contributed by atoms with Crippen molar-refractivity contribution in [3.8, 4) is 0 Å². The normalized spacial score (nSPS) is 12.9. The molecule has 3 nitrogen and oxygen atoms in total. The maximum absolute atomic E-state index is 12.2. The predicted octanol–water partition coefficient (Wildman–Crippen LogP) is 3.03. The fourth-order valence-corrected chi connectivity index (χ4v) is 2.13. The van der Waals surface area contributed by atoms with Gasteiger partial charge in [0.15, 0.2) is 4.77 Å². The molecule has 84 valence electrons. The van der Waals surface area contributed by atoms with Crippen LogP contribution >= 0.6 is 12.2 Å². The molecule has 2 rings (SSSR count). The zero-order chi connectivity index (χ0) is 11.7. The van der Waals surface area contributed by atoms with Crippen molar-refractivity contribution in [2.24, 2.45) is 0 Å². The molecule has 1 N–H and O–H groups in total. The third kappa shape index (κ3) is 1.69. The second-order valence-electron chi connectivity index (χ2n) is 3.91. The summed E-state index contributed by atoms with van der Waals surface area (Å²) in [6, 6.07) is 7.57. The molecule has 2 aromatic rings. The van der Waals surface area contributed by atoms with Crippen molar-refractivity contribution in [2.45, 2.75) is 26.3 Å². The average Bonchev–Trinajstić information content (AvgIpc) is 2.28.